The molecule has 0 unspecified atom stereocenters. The van der Waals surface area contributed by atoms with Crippen molar-refractivity contribution in [1.82, 2.24) is 4.98 Å². The van der Waals surface area contributed by atoms with Crippen LogP contribution in [-0.2, 0) is 0 Å². The second-order valence-corrected chi connectivity index (χ2v) is 5.96. The molecule has 0 fully saturated rings. The Balaban J connectivity index is 1.84. The maximum Gasteiger partial charge on any atom is 0.0544 e. The van der Waals surface area contributed by atoms with E-state index in [1.54, 1.807) is 0 Å². The van der Waals surface area contributed by atoms with Gasteiger partial charge in [-0.3, -0.25) is 0 Å². The minimum atomic E-state index is 1.19. The number of hydrogen-bond acceptors (Lipinski definition) is 0. The van der Waals surface area contributed by atoms with E-state index in [9.17, 15) is 0 Å². The first-order valence-corrected chi connectivity index (χ1v) is 7.89. The molecule has 0 atom stereocenters. The molecule has 0 spiro atoms. The van der Waals surface area contributed by atoms with Crippen LogP contribution in [0.15, 0.2) is 84.9 Å². The number of aromatic amines is 1. The average molecular weight is 293 g/mol. The number of rotatable bonds is 1. The van der Waals surface area contributed by atoms with Gasteiger partial charge in [-0.1, -0.05) is 72.8 Å². The van der Waals surface area contributed by atoms with Crippen LogP contribution in [0.2, 0.25) is 0 Å². The van der Waals surface area contributed by atoms with Gasteiger partial charge in [0.2, 0.25) is 0 Å². The van der Waals surface area contributed by atoms with Gasteiger partial charge in [-0.15, -0.1) is 0 Å². The lowest BCUT2D eigenvalue weighted by atomic mass is 9.99. The number of para-hydroxylation sites is 2. The molecule has 0 amide bonds. The standard InChI is InChI=1S/C22H15N/c1-2-7-16-14-17(13-12-15(16)6-1)18-9-5-10-20-19-8-3-4-11-21(19)23-22(18)20/h1-14,23H. The third-order valence-corrected chi connectivity index (χ3v) is 4.60. The fourth-order valence-corrected chi connectivity index (χ4v) is 3.47. The highest BCUT2D eigenvalue weighted by atomic mass is 14.7. The highest BCUT2D eigenvalue weighted by molar-refractivity contribution is 6.12. The number of nitrogens with one attached hydrogen (secondary N) is 1. The van der Waals surface area contributed by atoms with Gasteiger partial charge < -0.3 is 4.98 Å². The van der Waals surface area contributed by atoms with Gasteiger partial charge in [0, 0.05) is 21.9 Å². The van der Waals surface area contributed by atoms with Crippen LogP contribution >= 0.6 is 0 Å². The van der Waals surface area contributed by atoms with E-state index >= 15 is 0 Å². The predicted octanol–water partition coefficient (Wildman–Crippen LogP) is 6.14. The highest BCUT2D eigenvalue weighted by Crippen LogP contribution is 2.34. The molecule has 0 saturated heterocycles. The molecule has 4 aromatic carbocycles. The Labute approximate surface area is 134 Å². The molecule has 5 rings (SSSR count). The Kier molecular flexibility index (Phi) is 2.56. The monoisotopic (exact) mass is 293 g/mol. The van der Waals surface area contributed by atoms with Crippen LogP contribution in [0.5, 0.6) is 0 Å². The summed E-state index contributed by atoms with van der Waals surface area (Å²) in [5.41, 5.74) is 4.91. The molecule has 1 N–H and O–H groups in total. The molecule has 0 bridgehead atoms. The number of aromatic nitrogens is 1. The van der Waals surface area contributed by atoms with Crippen LogP contribution in [0, 0.1) is 0 Å². The summed E-state index contributed by atoms with van der Waals surface area (Å²) in [4.78, 5) is 3.59. The van der Waals surface area contributed by atoms with E-state index in [0.29, 0.717) is 0 Å². The third-order valence-electron chi connectivity index (χ3n) is 4.60. The minimum Gasteiger partial charge on any atom is -0.354 e. The predicted molar refractivity (Wildman–Crippen MR) is 98.7 cm³/mol. The molecular formula is C22H15N. The van der Waals surface area contributed by atoms with Crippen LogP contribution in [0.1, 0.15) is 0 Å². The zero-order valence-electron chi connectivity index (χ0n) is 12.6. The third kappa shape index (κ3) is 1.87. The summed E-state index contributed by atoms with van der Waals surface area (Å²) in [6, 6.07) is 30.2. The van der Waals surface area contributed by atoms with Gasteiger partial charge in [-0.05, 0) is 28.5 Å². The average Bonchev–Trinajstić information content (AvgIpc) is 3.00. The summed E-state index contributed by atoms with van der Waals surface area (Å²) in [5.74, 6) is 0. The van der Waals surface area contributed by atoms with Crippen molar-refractivity contribution < 1.29 is 0 Å². The fraction of sp³-hybridized carbons (Fsp3) is 0. The van der Waals surface area contributed by atoms with Crippen LogP contribution in [0.3, 0.4) is 0 Å². The van der Waals surface area contributed by atoms with Gasteiger partial charge >= 0.3 is 0 Å². The number of fused-ring (bicyclic) bond motifs is 4. The van der Waals surface area contributed by atoms with E-state index in [1.807, 2.05) is 0 Å². The lowest BCUT2D eigenvalue weighted by molar-refractivity contribution is 1.54. The molecule has 0 aliphatic carbocycles. The van der Waals surface area contributed by atoms with Crippen LogP contribution < -0.4 is 0 Å². The Morgan fingerprint density at radius 2 is 1.35 bits per heavy atom. The molecule has 1 heterocycles. The van der Waals surface area contributed by atoms with E-state index in [-0.39, 0.29) is 0 Å². The smallest absolute Gasteiger partial charge is 0.0544 e. The van der Waals surface area contributed by atoms with E-state index in [1.165, 1.54) is 43.7 Å². The summed E-state index contributed by atoms with van der Waals surface area (Å²) < 4.78 is 0. The number of hydrogen-bond donors (Lipinski definition) is 1. The first kappa shape index (κ1) is 12.5. The van der Waals surface area contributed by atoms with Gasteiger partial charge in [-0.25, -0.2) is 0 Å². The Morgan fingerprint density at radius 1 is 0.565 bits per heavy atom. The number of benzene rings is 4. The largest absolute Gasteiger partial charge is 0.354 e. The Morgan fingerprint density at radius 3 is 2.30 bits per heavy atom. The van der Waals surface area contributed by atoms with E-state index in [2.05, 4.69) is 89.9 Å². The Hall–Kier alpha value is -3.06. The molecule has 5 aromatic rings. The summed E-state index contributed by atoms with van der Waals surface area (Å²) in [6.45, 7) is 0. The van der Waals surface area contributed by atoms with Crippen molar-refractivity contribution in [2.45, 2.75) is 0 Å². The van der Waals surface area contributed by atoms with Crippen molar-refractivity contribution in [1.29, 1.82) is 0 Å². The van der Waals surface area contributed by atoms with Gasteiger partial charge in [0.1, 0.15) is 0 Å². The maximum atomic E-state index is 3.59. The second kappa shape index (κ2) is 4.72. The molecule has 1 heteroatoms. The molecule has 0 aliphatic heterocycles. The molecule has 0 aliphatic rings. The van der Waals surface area contributed by atoms with Crippen LogP contribution in [-0.4, -0.2) is 4.98 Å². The van der Waals surface area contributed by atoms with E-state index < -0.39 is 0 Å². The SMILES string of the molecule is c1ccc2cc(-c3cccc4c3[nH]c3ccccc34)ccc2c1. The summed E-state index contributed by atoms with van der Waals surface area (Å²) in [6.07, 6.45) is 0. The zero-order chi connectivity index (χ0) is 15.2. The van der Waals surface area contributed by atoms with Gasteiger partial charge in [0.15, 0.2) is 0 Å². The quantitative estimate of drug-likeness (QED) is 0.382. The second-order valence-electron chi connectivity index (χ2n) is 5.96. The summed E-state index contributed by atoms with van der Waals surface area (Å²) >= 11 is 0. The lowest BCUT2D eigenvalue weighted by Gasteiger charge is -2.06. The van der Waals surface area contributed by atoms with E-state index in [4.69, 9.17) is 0 Å². The van der Waals surface area contributed by atoms with Gasteiger partial charge in [-0.2, -0.15) is 0 Å². The summed E-state index contributed by atoms with van der Waals surface area (Å²) in [7, 11) is 0. The molecule has 0 radical (unpaired) electrons. The first-order chi connectivity index (χ1) is 11.4. The fourth-order valence-electron chi connectivity index (χ4n) is 3.47. The van der Waals surface area contributed by atoms with Crippen LogP contribution in [0.25, 0.3) is 43.7 Å². The van der Waals surface area contributed by atoms with Crippen molar-refractivity contribution in [3.8, 4) is 11.1 Å². The molecule has 23 heavy (non-hydrogen) atoms. The van der Waals surface area contributed by atoms with Gasteiger partial charge in [0.25, 0.3) is 0 Å². The number of H-pyrrole nitrogens is 1. The van der Waals surface area contributed by atoms with Crippen LogP contribution in [0.4, 0.5) is 0 Å². The van der Waals surface area contributed by atoms with Crippen molar-refractivity contribution in [3.63, 3.8) is 0 Å². The maximum absolute atomic E-state index is 3.59. The molecular weight excluding hydrogens is 278 g/mol. The molecule has 1 nitrogen and oxygen atoms in total. The highest BCUT2D eigenvalue weighted by Gasteiger charge is 2.09. The lowest BCUT2D eigenvalue weighted by Crippen LogP contribution is -1.81. The van der Waals surface area contributed by atoms with E-state index in [0.717, 1.165) is 0 Å². The van der Waals surface area contributed by atoms with Crippen molar-refractivity contribution in [2.75, 3.05) is 0 Å². The summed E-state index contributed by atoms with van der Waals surface area (Å²) in [5, 5.41) is 5.12. The van der Waals surface area contributed by atoms with Crippen molar-refractivity contribution in [2.24, 2.45) is 0 Å². The molecule has 1 aromatic heterocycles. The topological polar surface area (TPSA) is 15.8 Å². The van der Waals surface area contributed by atoms with Crippen molar-refractivity contribution >= 4 is 32.6 Å². The zero-order valence-corrected chi connectivity index (χ0v) is 12.6. The minimum absolute atomic E-state index is 1.19. The Bertz CT molecular complexity index is 1160. The normalized spacial score (nSPS) is 11.5. The molecule has 108 valence electrons. The molecule has 0 saturated carbocycles. The van der Waals surface area contributed by atoms with Gasteiger partial charge in [0.05, 0.1) is 5.52 Å². The first-order valence-electron chi connectivity index (χ1n) is 7.89. The van der Waals surface area contributed by atoms with Crippen molar-refractivity contribution in [3.05, 3.63) is 84.9 Å².